The number of nitrogen functional groups attached to an aromatic ring is 1. The van der Waals surface area contributed by atoms with Crippen LogP contribution < -0.4 is 21.3 Å². The third-order valence-electron chi connectivity index (χ3n) is 5.85. The number of amides is 2. The van der Waals surface area contributed by atoms with Gasteiger partial charge in [-0.05, 0) is 68.2 Å². The molecule has 1 heterocycles. The van der Waals surface area contributed by atoms with Gasteiger partial charge in [-0.2, -0.15) is 0 Å². The van der Waals surface area contributed by atoms with E-state index in [4.69, 9.17) is 17.3 Å². The van der Waals surface area contributed by atoms with E-state index in [1.165, 1.54) is 0 Å². The summed E-state index contributed by atoms with van der Waals surface area (Å²) in [4.78, 5) is 29.1. The zero-order valence-corrected chi connectivity index (χ0v) is 20.7. The molecule has 35 heavy (non-hydrogen) atoms. The Labute approximate surface area is 210 Å². The topological polar surface area (TPSA) is 90.7 Å². The molecule has 2 amide bonds. The first-order chi connectivity index (χ1) is 16.7. The van der Waals surface area contributed by atoms with Gasteiger partial charge in [0.2, 0.25) is 5.91 Å². The second-order valence-corrected chi connectivity index (χ2v) is 9.13. The minimum atomic E-state index is -0.218. The minimum absolute atomic E-state index is 0.0435. The van der Waals surface area contributed by atoms with Crippen LogP contribution in [-0.4, -0.2) is 44.4 Å². The van der Waals surface area contributed by atoms with E-state index in [1.54, 1.807) is 36.2 Å². The van der Waals surface area contributed by atoms with E-state index in [0.29, 0.717) is 40.6 Å². The van der Waals surface area contributed by atoms with Gasteiger partial charge < -0.3 is 26.2 Å². The molecule has 1 aliphatic rings. The average molecular weight is 490 g/mol. The van der Waals surface area contributed by atoms with Crippen LogP contribution in [0, 0.1) is 0 Å². The molecule has 3 aromatic carbocycles. The first-order valence-electron chi connectivity index (χ1n) is 11.2. The molecule has 0 spiro atoms. The fraction of sp³-hybridized carbons (Fsp3) is 0.185. The maximum absolute atomic E-state index is 13.0. The third kappa shape index (κ3) is 5.48. The highest BCUT2D eigenvalue weighted by Crippen LogP contribution is 2.39. The number of hydrogen-bond acceptors (Lipinski definition) is 5. The Morgan fingerprint density at radius 2 is 1.69 bits per heavy atom. The van der Waals surface area contributed by atoms with Gasteiger partial charge in [-0.3, -0.25) is 9.59 Å². The third-order valence-corrected chi connectivity index (χ3v) is 6.08. The summed E-state index contributed by atoms with van der Waals surface area (Å²) in [7, 11) is 5.66. The Kier molecular flexibility index (Phi) is 7.10. The molecule has 180 valence electrons. The van der Waals surface area contributed by atoms with Crippen LogP contribution in [0.15, 0.2) is 66.7 Å². The molecular weight excluding hydrogens is 462 g/mol. The Morgan fingerprint density at radius 1 is 1.00 bits per heavy atom. The molecule has 0 bridgehead atoms. The summed E-state index contributed by atoms with van der Waals surface area (Å²) < 4.78 is 0. The maximum atomic E-state index is 13.0. The first kappa shape index (κ1) is 24.3. The van der Waals surface area contributed by atoms with Crippen LogP contribution in [0.2, 0.25) is 5.02 Å². The van der Waals surface area contributed by atoms with Crippen molar-refractivity contribution in [2.45, 2.75) is 6.42 Å². The van der Waals surface area contributed by atoms with E-state index in [2.05, 4.69) is 10.6 Å². The van der Waals surface area contributed by atoms with E-state index in [-0.39, 0.29) is 11.8 Å². The predicted octanol–water partition coefficient (Wildman–Crippen LogP) is 4.77. The molecule has 1 aliphatic heterocycles. The molecule has 0 unspecified atom stereocenters. The van der Waals surface area contributed by atoms with Crippen molar-refractivity contribution < 1.29 is 9.59 Å². The van der Waals surface area contributed by atoms with Crippen LogP contribution in [-0.2, 0) is 9.59 Å². The van der Waals surface area contributed by atoms with Crippen LogP contribution in [0.5, 0.6) is 0 Å². The lowest BCUT2D eigenvalue weighted by Gasteiger charge is -2.20. The van der Waals surface area contributed by atoms with Crippen molar-refractivity contribution in [2.75, 3.05) is 49.0 Å². The SMILES string of the molecule is CN(C)CCC(=O)N(C)c1ccc(N/C(=C2\C(=O)Nc3cc(Cl)ccc32)c2ccc(N)cc2)cc1. The first-order valence-corrected chi connectivity index (χ1v) is 11.6. The van der Waals surface area contributed by atoms with Crippen LogP contribution in [0.3, 0.4) is 0 Å². The van der Waals surface area contributed by atoms with Crippen LogP contribution in [0.1, 0.15) is 17.5 Å². The molecule has 0 atom stereocenters. The quantitative estimate of drug-likeness (QED) is 0.328. The molecule has 0 aromatic heterocycles. The number of carbonyl (C=O) groups is 2. The van der Waals surface area contributed by atoms with Gasteiger partial charge in [-0.1, -0.05) is 29.8 Å². The number of anilines is 4. The van der Waals surface area contributed by atoms with Crippen LogP contribution in [0.4, 0.5) is 22.7 Å². The van der Waals surface area contributed by atoms with Gasteiger partial charge in [0.15, 0.2) is 0 Å². The molecule has 8 heteroatoms. The van der Waals surface area contributed by atoms with Crippen molar-refractivity contribution in [1.82, 2.24) is 4.90 Å². The fourth-order valence-electron chi connectivity index (χ4n) is 3.87. The van der Waals surface area contributed by atoms with Gasteiger partial charge in [0.05, 0.1) is 17.0 Å². The van der Waals surface area contributed by atoms with E-state index >= 15 is 0 Å². The second-order valence-electron chi connectivity index (χ2n) is 8.69. The summed E-state index contributed by atoms with van der Waals surface area (Å²) in [5, 5.41) is 6.86. The molecule has 3 aromatic rings. The highest BCUT2D eigenvalue weighted by atomic mass is 35.5. The molecule has 0 saturated heterocycles. The number of nitrogens with two attached hydrogens (primary N) is 1. The number of rotatable bonds is 7. The van der Waals surface area contributed by atoms with E-state index < -0.39 is 0 Å². The summed E-state index contributed by atoms with van der Waals surface area (Å²) in [6.07, 6.45) is 0.440. The monoisotopic (exact) mass is 489 g/mol. The number of nitrogens with zero attached hydrogens (tertiary/aromatic N) is 2. The largest absolute Gasteiger partial charge is 0.399 e. The van der Waals surface area contributed by atoms with Gasteiger partial charge >= 0.3 is 0 Å². The molecule has 4 N–H and O–H groups in total. The number of nitrogens with one attached hydrogen (secondary N) is 2. The minimum Gasteiger partial charge on any atom is -0.399 e. The van der Waals surface area contributed by atoms with Gasteiger partial charge in [-0.15, -0.1) is 0 Å². The zero-order chi connectivity index (χ0) is 25.1. The van der Waals surface area contributed by atoms with E-state index in [9.17, 15) is 9.59 Å². The van der Waals surface area contributed by atoms with Crippen LogP contribution in [0.25, 0.3) is 11.3 Å². The van der Waals surface area contributed by atoms with E-state index in [0.717, 1.165) is 22.5 Å². The highest BCUT2D eigenvalue weighted by Gasteiger charge is 2.28. The molecule has 0 aliphatic carbocycles. The molecule has 0 radical (unpaired) electrons. The highest BCUT2D eigenvalue weighted by molar-refractivity contribution is 6.38. The number of hydrogen-bond donors (Lipinski definition) is 3. The Bertz CT molecular complexity index is 1280. The predicted molar refractivity (Wildman–Crippen MR) is 144 cm³/mol. The summed E-state index contributed by atoms with van der Waals surface area (Å²) >= 11 is 6.13. The molecule has 0 saturated carbocycles. The number of carbonyl (C=O) groups excluding carboxylic acids is 2. The Balaban J connectivity index is 1.67. The Morgan fingerprint density at radius 3 is 2.34 bits per heavy atom. The lowest BCUT2D eigenvalue weighted by atomic mass is 10.00. The standard InChI is InChI=1S/C27H28ClN5O2/c1-32(2)15-14-24(34)33(3)21-11-9-20(10-12-21)30-26(17-4-7-19(29)8-5-17)25-22-13-6-18(28)16-23(22)31-27(25)35/h4-13,16,30H,14-15,29H2,1-3H3,(H,31,35)/b26-25-. The fourth-order valence-corrected chi connectivity index (χ4v) is 4.04. The molecular formula is C27H28ClN5O2. The molecule has 0 fully saturated rings. The Hall–Kier alpha value is -3.81. The average Bonchev–Trinajstić information content (AvgIpc) is 3.16. The maximum Gasteiger partial charge on any atom is 0.258 e. The normalized spacial score (nSPS) is 13.9. The lowest BCUT2D eigenvalue weighted by Crippen LogP contribution is -2.29. The van der Waals surface area contributed by atoms with Gasteiger partial charge in [0, 0.05) is 47.7 Å². The number of fused-ring (bicyclic) bond motifs is 1. The summed E-state index contributed by atoms with van der Waals surface area (Å²) in [6, 6.07) is 20.2. The molecule has 4 rings (SSSR count). The summed E-state index contributed by atoms with van der Waals surface area (Å²) in [6.45, 7) is 0.691. The van der Waals surface area contributed by atoms with Crippen molar-refractivity contribution in [3.8, 4) is 0 Å². The zero-order valence-electron chi connectivity index (χ0n) is 19.9. The van der Waals surface area contributed by atoms with Crippen molar-refractivity contribution in [2.24, 2.45) is 0 Å². The van der Waals surface area contributed by atoms with Crippen molar-refractivity contribution in [3.63, 3.8) is 0 Å². The van der Waals surface area contributed by atoms with Crippen molar-refractivity contribution in [3.05, 3.63) is 82.9 Å². The summed E-state index contributed by atoms with van der Waals surface area (Å²) in [5.74, 6) is -0.175. The van der Waals surface area contributed by atoms with Crippen LogP contribution >= 0.6 is 11.6 Å². The van der Waals surface area contributed by atoms with E-state index in [1.807, 2.05) is 61.5 Å². The van der Waals surface area contributed by atoms with Crippen molar-refractivity contribution in [1.29, 1.82) is 0 Å². The van der Waals surface area contributed by atoms with Crippen molar-refractivity contribution >= 4 is 57.4 Å². The lowest BCUT2D eigenvalue weighted by molar-refractivity contribution is -0.118. The smallest absolute Gasteiger partial charge is 0.258 e. The van der Waals surface area contributed by atoms with Gasteiger partial charge in [0.25, 0.3) is 5.91 Å². The number of halogens is 1. The van der Waals surface area contributed by atoms with Gasteiger partial charge in [0.1, 0.15) is 0 Å². The number of benzene rings is 3. The summed E-state index contributed by atoms with van der Waals surface area (Å²) in [5.41, 5.74) is 11.5. The van der Waals surface area contributed by atoms with Gasteiger partial charge in [-0.25, -0.2) is 0 Å². The molecule has 7 nitrogen and oxygen atoms in total. The second kappa shape index (κ2) is 10.2.